The second-order valence-electron chi connectivity index (χ2n) is 17.2. The number of nitrogens with two attached hydrogens (primary N) is 4. The third kappa shape index (κ3) is 15.0. The van der Waals surface area contributed by atoms with Crippen molar-refractivity contribution < 1.29 is 27.0 Å². The highest BCUT2D eigenvalue weighted by molar-refractivity contribution is 7.92. The van der Waals surface area contributed by atoms with Gasteiger partial charge in [-0.15, -0.1) is 0 Å². The molecule has 0 unspecified atom stereocenters. The molecule has 0 amide bonds. The van der Waals surface area contributed by atoms with Gasteiger partial charge in [-0.05, 0) is 120 Å². The SMILES string of the molecule is C.CC(=N)CC(=N)CCCN=C(N)N=C(N)N.CN1CCN(S(=O)(=O)c2ccc3c(c2)/C(=N/O)c2cc(S(=O)(=O)C4CCNCC4)ccc2-3)CC1.NCCNc1ccc([N+](=O)[O-])c(N2CCCCC2)c1. The monoisotopic (exact) mass is 1010 g/mol. The Kier molecular flexibility index (Phi) is 21.2. The average Bonchev–Trinajstić information content (AvgIpc) is 3.65. The Labute approximate surface area is 411 Å². The van der Waals surface area contributed by atoms with Gasteiger partial charge in [-0.25, -0.2) is 16.8 Å². The molecule has 3 aromatic rings. The number of aliphatic imine (C=N–C) groups is 2. The van der Waals surface area contributed by atoms with Gasteiger partial charge in [-0.1, -0.05) is 24.7 Å². The Bertz CT molecular complexity index is 2620. The van der Waals surface area contributed by atoms with Crippen LogP contribution in [0, 0.1) is 20.9 Å². The first-order valence-corrected chi connectivity index (χ1v) is 26.0. The van der Waals surface area contributed by atoms with Crippen molar-refractivity contribution in [1.29, 1.82) is 10.8 Å². The Hall–Kier alpha value is -6.05. The zero-order valence-electron chi connectivity index (χ0n) is 39.4. The number of hydrogen-bond donors (Lipinski definition) is 9. The van der Waals surface area contributed by atoms with Crippen LogP contribution in [0.2, 0.25) is 0 Å². The molecule has 70 heavy (non-hydrogen) atoms. The van der Waals surface area contributed by atoms with Gasteiger partial charge in [0, 0.05) is 99.6 Å². The van der Waals surface area contributed by atoms with Crippen LogP contribution in [-0.4, -0.2) is 150 Å². The Balaban J connectivity index is 0.000000252. The highest BCUT2D eigenvalue weighted by Gasteiger charge is 2.34. The van der Waals surface area contributed by atoms with E-state index in [1.165, 1.54) is 16.8 Å². The van der Waals surface area contributed by atoms with Gasteiger partial charge < -0.3 is 59.4 Å². The van der Waals surface area contributed by atoms with E-state index in [0.717, 1.165) is 37.2 Å². The molecule has 3 heterocycles. The third-order valence-corrected chi connectivity index (χ3v) is 16.2. The second kappa shape index (κ2) is 26.2. The molecule has 1 aliphatic carbocycles. The maximum absolute atomic E-state index is 13.2. The molecule has 0 spiro atoms. The number of nitro groups is 1. The van der Waals surface area contributed by atoms with Crippen molar-refractivity contribution >= 4 is 66.0 Å². The molecular formula is C46H71N15O7S2. The van der Waals surface area contributed by atoms with Crippen molar-refractivity contribution in [3.8, 4) is 11.1 Å². The molecule has 7 rings (SSSR count). The maximum atomic E-state index is 13.2. The lowest BCUT2D eigenvalue weighted by molar-refractivity contribution is -0.384. The summed E-state index contributed by atoms with van der Waals surface area (Å²) in [4.78, 5) is 22.8. The lowest BCUT2D eigenvalue weighted by Crippen LogP contribution is -2.47. The number of benzene rings is 3. The van der Waals surface area contributed by atoms with Crippen LogP contribution >= 0.6 is 0 Å². The number of nitrogens with zero attached hydrogens (tertiary/aromatic N) is 7. The topological polar surface area (TPSA) is 354 Å². The molecule has 0 radical (unpaired) electrons. The summed E-state index contributed by atoms with van der Waals surface area (Å²) in [6.07, 6.45) is 6.22. The summed E-state index contributed by atoms with van der Waals surface area (Å²) >= 11 is 0. The maximum Gasteiger partial charge on any atom is 0.292 e. The fraction of sp³-hybridized carbons (Fsp3) is 0.500. The number of sulfone groups is 1. The average molecular weight is 1010 g/mol. The number of sulfonamides is 1. The van der Waals surface area contributed by atoms with E-state index in [4.69, 9.17) is 33.8 Å². The standard InChI is InChI=1S/C23H28N4O5S2.C13H20N4O2.C9H19N7.CH4/c1-26-10-12-27(13-11-26)34(31,32)18-3-5-20-19-4-2-17(14-21(19)23(25-28)22(20)15-18)33(29,30)16-6-8-24-9-7-16;14-6-7-15-11-4-5-12(17(18)19)13(10-11)16-8-2-1-3-9-16;1-6(10)5-7(11)3-2-4-15-9(14)16-8(12)13;/h2-5,14-16,24,28H,6-13H2,1H3;4-5,10,15H,1-3,6-9,14H2;10-11H,2-5H2,1H3,(H6,12,13,14,15,16);1H4/b25-23+;;;. The first-order valence-electron chi connectivity index (χ1n) is 23.0. The van der Waals surface area contributed by atoms with Gasteiger partial charge in [-0.3, -0.25) is 15.1 Å². The van der Waals surface area contributed by atoms with E-state index in [1.807, 2.05) is 13.1 Å². The fourth-order valence-electron chi connectivity index (χ4n) is 8.43. The van der Waals surface area contributed by atoms with E-state index in [0.29, 0.717) is 125 Å². The lowest BCUT2D eigenvalue weighted by Gasteiger charge is -2.31. The lowest BCUT2D eigenvalue weighted by atomic mass is 10.1. The number of piperidine rings is 2. The number of likely N-dealkylation sites (N-methyl/N-ethyl adjacent to an activating group) is 1. The van der Waals surface area contributed by atoms with Crippen molar-refractivity contribution in [2.75, 3.05) is 89.3 Å². The third-order valence-electron chi connectivity index (χ3n) is 12.0. The summed E-state index contributed by atoms with van der Waals surface area (Å²) in [6, 6.07) is 14.8. The van der Waals surface area contributed by atoms with Gasteiger partial charge in [0.1, 0.15) is 11.4 Å². The van der Waals surface area contributed by atoms with Crippen LogP contribution in [0.4, 0.5) is 17.1 Å². The molecule has 3 fully saturated rings. The van der Waals surface area contributed by atoms with E-state index in [2.05, 4.69) is 35.6 Å². The Morgan fingerprint density at radius 2 is 1.50 bits per heavy atom. The number of oxime groups is 1. The Morgan fingerprint density at radius 1 is 0.886 bits per heavy atom. The van der Waals surface area contributed by atoms with Crippen molar-refractivity contribution in [2.45, 2.75) is 80.8 Å². The van der Waals surface area contributed by atoms with Crippen LogP contribution in [0.15, 0.2) is 79.5 Å². The summed E-state index contributed by atoms with van der Waals surface area (Å²) in [5.74, 6) is -0.0665. The molecule has 24 heteroatoms. The first kappa shape index (κ1) is 56.5. The van der Waals surface area contributed by atoms with E-state index in [1.54, 1.807) is 49.4 Å². The molecule has 0 bridgehead atoms. The molecule has 0 atom stereocenters. The zero-order chi connectivity index (χ0) is 50.3. The zero-order valence-corrected chi connectivity index (χ0v) is 41.0. The molecule has 3 aromatic carbocycles. The molecule has 0 saturated carbocycles. The molecular weight excluding hydrogens is 939 g/mol. The fourth-order valence-corrected chi connectivity index (χ4v) is 11.7. The van der Waals surface area contributed by atoms with Gasteiger partial charge in [0.15, 0.2) is 15.8 Å². The molecule has 3 aliphatic heterocycles. The number of guanidine groups is 2. The van der Waals surface area contributed by atoms with Crippen molar-refractivity contribution in [3.05, 3.63) is 75.8 Å². The molecule has 22 nitrogen and oxygen atoms in total. The predicted molar refractivity (Wildman–Crippen MR) is 279 cm³/mol. The number of anilines is 2. The quantitative estimate of drug-likeness (QED) is 0.0204. The number of fused-ring (bicyclic) bond motifs is 3. The van der Waals surface area contributed by atoms with Gasteiger partial charge in [-0.2, -0.15) is 9.30 Å². The summed E-state index contributed by atoms with van der Waals surface area (Å²) in [5, 5.41) is 45.1. The van der Waals surface area contributed by atoms with E-state index in [9.17, 15) is 32.2 Å². The van der Waals surface area contributed by atoms with E-state index >= 15 is 0 Å². The molecule has 384 valence electrons. The summed E-state index contributed by atoms with van der Waals surface area (Å²) < 4.78 is 54.4. The predicted octanol–water partition coefficient (Wildman–Crippen LogP) is 3.75. The highest BCUT2D eigenvalue weighted by Crippen LogP contribution is 2.40. The molecule has 3 saturated heterocycles. The highest BCUT2D eigenvalue weighted by atomic mass is 32.2. The number of nitro benzene ring substituents is 1. The van der Waals surface area contributed by atoms with Crippen molar-refractivity contribution in [1.82, 2.24) is 14.5 Å². The van der Waals surface area contributed by atoms with Crippen molar-refractivity contribution in [3.63, 3.8) is 0 Å². The minimum Gasteiger partial charge on any atom is -0.410 e. The summed E-state index contributed by atoms with van der Waals surface area (Å²) in [6.45, 7) is 8.61. The number of nitrogens with one attached hydrogen (secondary N) is 4. The first-order chi connectivity index (χ1) is 32.9. The largest absolute Gasteiger partial charge is 0.410 e. The molecule has 13 N–H and O–H groups in total. The summed E-state index contributed by atoms with van der Waals surface area (Å²) in [5.41, 5.74) is 26.4. The smallest absolute Gasteiger partial charge is 0.292 e. The minimum absolute atomic E-state index is 0. The normalized spacial score (nSPS) is 17.1. The molecule has 4 aliphatic rings. The van der Waals surface area contributed by atoms with Gasteiger partial charge in [0.25, 0.3) is 5.69 Å². The van der Waals surface area contributed by atoms with Crippen molar-refractivity contribution in [2.24, 2.45) is 38.1 Å². The van der Waals surface area contributed by atoms with Gasteiger partial charge >= 0.3 is 0 Å². The number of hydrogen-bond acceptors (Lipinski definition) is 16. The van der Waals surface area contributed by atoms with Gasteiger partial charge in [0.2, 0.25) is 16.0 Å². The van der Waals surface area contributed by atoms with Crippen LogP contribution in [0.25, 0.3) is 11.1 Å². The van der Waals surface area contributed by atoms with Crippen LogP contribution in [0.3, 0.4) is 0 Å². The number of piperazine rings is 1. The van der Waals surface area contributed by atoms with E-state index < -0.39 is 25.1 Å². The second-order valence-corrected chi connectivity index (χ2v) is 21.4. The van der Waals surface area contributed by atoms with E-state index in [-0.39, 0.29) is 45.5 Å². The van der Waals surface area contributed by atoms with Crippen LogP contribution in [0.5, 0.6) is 0 Å². The molecule has 0 aromatic heterocycles. The van der Waals surface area contributed by atoms with Gasteiger partial charge in [0.05, 0.1) is 20.0 Å². The van der Waals surface area contributed by atoms with Crippen LogP contribution in [-0.2, 0) is 19.9 Å². The number of rotatable bonds is 15. The summed E-state index contributed by atoms with van der Waals surface area (Å²) in [7, 11) is -5.28. The Morgan fingerprint density at radius 3 is 2.07 bits per heavy atom. The minimum atomic E-state index is -3.70. The van der Waals surface area contributed by atoms with Crippen LogP contribution in [0.1, 0.15) is 76.8 Å². The van der Waals surface area contributed by atoms with Crippen LogP contribution < -0.4 is 38.5 Å².